The minimum Gasteiger partial charge on any atom is -0.342 e. The van der Waals surface area contributed by atoms with Gasteiger partial charge in [0.2, 0.25) is 11.8 Å². The van der Waals surface area contributed by atoms with Gasteiger partial charge in [0, 0.05) is 12.4 Å². The highest BCUT2D eigenvalue weighted by Gasteiger charge is 2.41. The van der Waals surface area contributed by atoms with Crippen molar-refractivity contribution in [1.82, 2.24) is 15.2 Å². The molecular formula is C15H21N3O2. The Hall–Kier alpha value is -1.91. The van der Waals surface area contributed by atoms with Gasteiger partial charge in [0.15, 0.2) is 0 Å². The number of nitrogens with zero attached hydrogens (tertiary/aromatic N) is 2. The molecule has 0 aliphatic carbocycles. The van der Waals surface area contributed by atoms with E-state index in [1.165, 1.54) is 0 Å². The molecule has 20 heavy (non-hydrogen) atoms. The average Bonchev–Trinajstić information content (AvgIpc) is 2.40. The Labute approximate surface area is 119 Å². The topological polar surface area (TPSA) is 62.3 Å². The van der Waals surface area contributed by atoms with E-state index in [1.807, 2.05) is 39.8 Å². The number of rotatable bonds is 2. The first-order chi connectivity index (χ1) is 9.30. The number of hydrogen-bond acceptors (Lipinski definition) is 3. The molecule has 2 unspecified atom stereocenters. The first-order valence-electron chi connectivity index (χ1n) is 6.80. The molecule has 2 heterocycles. The van der Waals surface area contributed by atoms with E-state index in [0.29, 0.717) is 0 Å². The highest BCUT2D eigenvalue weighted by Crippen LogP contribution is 2.28. The molecule has 1 aromatic rings. The van der Waals surface area contributed by atoms with Crippen molar-refractivity contribution in [2.24, 2.45) is 5.41 Å². The van der Waals surface area contributed by atoms with Gasteiger partial charge in [0.05, 0.1) is 6.04 Å². The van der Waals surface area contributed by atoms with Gasteiger partial charge in [-0.25, -0.2) is 0 Å². The number of piperazine rings is 1. The van der Waals surface area contributed by atoms with Crippen molar-refractivity contribution in [1.29, 1.82) is 0 Å². The fourth-order valence-electron chi connectivity index (χ4n) is 2.38. The number of carbonyl (C=O) groups excluding carboxylic acids is 2. The van der Waals surface area contributed by atoms with Gasteiger partial charge in [0.25, 0.3) is 0 Å². The number of pyridine rings is 1. The van der Waals surface area contributed by atoms with Crippen molar-refractivity contribution >= 4 is 11.8 Å². The van der Waals surface area contributed by atoms with Gasteiger partial charge in [-0.1, -0.05) is 26.8 Å². The summed E-state index contributed by atoms with van der Waals surface area (Å²) in [5.41, 5.74) is 0.628. The van der Waals surface area contributed by atoms with Crippen molar-refractivity contribution in [3.05, 3.63) is 30.1 Å². The Morgan fingerprint density at radius 1 is 1.40 bits per heavy atom. The fourth-order valence-corrected chi connectivity index (χ4v) is 2.38. The molecule has 1 aliphatic heterocycles. The van der Waals surface area contributed by atoms with Crippen LogP contribution in [0.25, 0.3) is 0 Å². The van der Waals surface area contributed by atoms with Crippen LogP contribution in [0.1, 0.15) is 39.3 Å². The lowest BCUT2D eigenvalue weighted by Crippen LogP contribution is -2.62. The molecule has 0 spiro atoms. The average molecular weight is 275 g/mol. The lowest BCUT2D eigenvalue weighted by Gasteiger charge is -2.41. The lowest BCUT2D eigenvalue weighted by molar-refractivity contribution is -0.149. The van der Waals surface area contributed by atoms with E-state index in [-0.39, 0.29) is 29.8 Å². The van der Waals surface area contributed by atoms with E-state index in [9.17, 15) is 9.59 Å². The van der Waals surface area contributed by atoms with E-state index < -0.39 is 6.04 Å². The van der Waals surface area contributed by atoms with Crippen molar-refractivity contribution in [2.45, 2.75) is 39.8 Å². The van der Waals surface area contributed by atoms with Crippen molar-refractivity contribution in [2.75, 3.05) is 6.54 Å². The molecule has 1 fully saturated rings. The quantitative estimate of drug-likeness (QED) is 0.890. The van der Waals surface area contributed by atoms with Crippen LogP contribution in [-0.2, 0) is 9.59 Å². The summed E-state index contributed by atoms with van der Waals surface area (Å²) in [6.45, 7) is 7.88. The van der Waals surface area contributed by atoms with Crippen molar-refractivity contribution in [3.63, 3.8) is 0 Å². The molecular weight excluding hydrogens is 254 g/mol. The molecule has 2 rings (SSSR count). The zero-order valence-electron chi connectivity index (χ0n) is 12.4. The molecule has 0 radical (unpaired) electrons. The molecule has 1 aliphatic rings. The van der Waals surface area contributed by atoms with E-state index >= 15 is 0 Å². The standard InChI is InChI=1S/C15H21N3O2/c1-10(11-6-5-7-16-8-11)18-9-12(19)17-13(14(18)20)15(2,3)4/h5-8,10,13H,9H2,1-4H3,(H,17,19). The van der Waals surface area contributed by atoms with Crippen LogP contribution in [0.2, 0.25) is 0 Å². The number of aromatic nitrogens is 1. The monoisotopic (exact) mass is 275 g/mol. The van der Waals surface area contributed by atoms with Gasteiger partial charge in [-0.15, -0.1) is 0 Å². The molecule has 2 atom stereocenters. The van der Waals surface area contributed by atoms with Crippen LogP contribution in [0.5, 0.6) is 0 Å². The Balaban J connectivity index is 2.27. The zero-order valence-corrected chi connectivity index (χ0v) is 12.4. The normalized spacial score (nSPS) is 21.6. The maximum atomic E-state index is 12.6. The number of hydrogen-bond donors (Lipinski definition) is 1. The van der Waals surface area contributed by atoms with Crippen LogP contribution in [0.3, 0.4) is 0 Å². The zero-order chi connectivity index (χ0) is 14.9. The van der Waals surface area contributed by atoms with Crippen molar-refractivity contribution < 1.29 is 9.59 Å². The van der Waals surface area contributed by atoms with E-state index in [0.717, 1.165) is 5.56 Å². The highest BCUT2D eigenvalue weighted by atomic mass is 16.2. The molecule has 108 valence electrons. The Morgan fingerprint density at radius 2 is 2.10 bits per heavy atom. The van der Waals surface area contributed by atoms with Crippen LogP contribution < -0.4 is 5.32 Å². The van der Waals surface area contributed by atoms with E-state index in [1.54, 1.807) is 17.3 Å². The predicted molar refractivity (Wildman–Crippen MR) is 75.8 cm³/mol. The van der Waals surface area contributed by atoms with Crippen LogP contribution in [0.15, 0.2) is 24.5 Å². The summed E-state index contributed by atoms with van der Waals surface area (Å²) >= 11 is 0. The summed E-state index contributed by atoms with van der Waals surface area (Å²) in [5, 5.41) is 2.80. The third-order valence-corrected chi connectivity index (χ3v) is 3.65. The first-order valence-corrected chi connectivity index (χ1v) is 6.80. The Bertz CT molecular complexity index is 508. The molecule has 5 nitrogen and oxygen atoms in total. The Kier molecular flexibility index (Phi) is 3.79. The van der Waals surface area contributed by atoms with Gasteiger partial charge >= 0.3 is 0 Å². The first kappa shape index (κ1) is 14.5. The van der Waals surface area contributed by atoms with Gasteiger partial charge in [-0.2, -0.15) is 0 Å². The molecule has 5 heteroatoms. The Morgan fingerprint density at radius 3 is 2.65 bits per heavy atom. The smallest absolute Gasteiger partial charge is 0.246 e. The molecule has 0 aromatic carbocycles. The molecule has 0 bridgehead atoms. The highest BCUT2D eigenvalue weighted by molar-refractivity contribution is 5.95. The van der Waals surface area contributed by atoms with Gasteiger partial charge < -0.3 is 10.2 Å². The third-order valence-electron chi connectivity index (χ3n) is 3.65. The summed E-state index contributed by atoms with van der Waals surface area (Å²) < 4.78 is 0. The van der Waals surface area contributed by atoms with E-state index in [4.69, 9.17) is 0 Å². The van der Waals surface area contributed by atoms with E-state index in [2.05, 4.69) is 10.3 Å². The number of carbonyl (C=O) groups is 2. The maximum Gasteiger partial charge on any atom is 0.246 e. The predicted octanol–water partition coefficient (Wildman–Crippen LogP) is 1.52. The molecule has 1 N–H and O–H groups in total. The number of amides is 2. The summed E-state index contributed by atoms with van der Waals surface area (Å²) in [5.74, 6) is -0.145. The van der Waals surface area contributed by atoms with Crippen molar-refractivity contribution in [3.8, 4) is 0 Å². The SMILES string of the molecule is CC(c1cccnc1)N1CC(=O)NC(C(C)(C)C)C1=O. The van der Waals surface area contributed by atoms with Crippen LogP contribution >= 0.6 is 0 Å². The lowest BCUT2D eigenvalue weighted by atomic mass is 9.84. The molecule has 0 saturated carbocycles. The fraction of sp³-hybridized carbons (Fsp3) is 0.533. The summed E-state index contributed by atoms with van der Waals surface area (Å²) in [7, 11) is 0. The second kappa shape index (κ2) is 5.23. The number of nitrogens with one attached hydrogen (secondary N) is 1. The van der Waals surface area contributed by atoms with Crippen LogP contribution in [0.4, 0.5) is 0 Å². The van der Waals surface area contributed by atoms with Gasteiger partial charge in [-0.05, 0) is 24.0 Å². The largest absolute Gasteiger partial charge is 0.342 e. The minimum absolute atomic E-state index is 0.0338. The maximum absolute atomic E-state index is 12.6. The van der Waals surface area contributed by atoms with Gasteiger partial charge in [-0.3, -0.25) is 14.6 Å². The summed E-state index contributed by atoms with van der Waals surface area (Å²) in [6, 6.07) is 3.11. The second-order valence-corrected chi connectivity index (χ2v) is 6.30. The second-order valence-electron chi connectivity index (χ2n) is 6.30. The third kappa shape index (κ3) is 2.81. The molecule has 1 saturated heterocycles. The van der Waals surface area contributed by atoms with Crippen LogP contribution in [-0.4, -0.2) is 34.3 Å². The van der Waals surface area contributed by atoms with Gasteiger partial charge in [0.1, 0.15) is 12.6 Å². The minimum atomic E-state index is -0.483. The van der Waals surface area contributed by atoms with Crippen LogP contribution in [0, 0.1) is 5.41 Å². The molecule has 2 amide bonds. The summed E-state index contributed by atoms with van der Waals surface area (Å²) in [4.78, 5) is 30.2. The molecule has 1 aromatic heterocycles. The summed E-state index contributed by atoms with van der Waals surface area (Å²) in [6.07, 6.45) is 3.43.